The summed E-state index contributed by atoms with van der Waals surface area (Å²) in [6.45, 7) is 3.93. The van der Waals surface area contributed by atoms with Crippen molar-refractivity contribution >= 4 is 39.0 Å². The molecule has 1 N–H and O–H groups in total. The number of carbonyl (C=O) groups is 2. The molecule has 0 saturated heterocycles. The molecule has 19 heavy (non-hydrogen) atoms. The predicted molar refractivity (Wildman–Crippen MR) is 77.7 cm³/mol. The molecule has 0 aliphatic carbocycles. The van der Waals surface area contributed by atoms with Crippen molar-refractivity contribution in [1.82, 2.24) is 0 Å². The Bertz CT molecular complexity index is 622. The topological polar surface area (TPSA) is 49.4 Å². The van der Waals surface area contributed by atoms with Crippen LogP contribution in [0.3, 0.4) is 0 Å². The molecule has 0 saturated carbocycles. The molecule has 0 unspecified atom stereocenters. The van der Waals surface area contributed by atoms with E-state index in [9.17, 15) is 9.59 Å². The second kappa shape index (κ2) is 4.49. The van der Waals surface area contributed by atoms with Crippen LogP contribution in [0.4, 0.5) is 11.4 Å². The number of benzene rings is 1. The molecule has 98 valence electrons. The molecule has 0 radical (unpaired) electrons. The largest absolute Gasteiger partial charge is 0.367 e. The highest BCUT2D eigenvalue weighted by molar-refractivity contribution is 9.10. The van der Waals surface area contributed by atoms with E-state index < -0.39 is 11.7 Å². The first-order chi connectivity index (χ1) is 9.06. The van der Waals surface area contributed by atoms with Gasteiger partial charge in [-0.15, -0.1) is 0 Å². The van der Waals surface area contributed by atoms with Crippen LogP contribution in [0.1, 0.15) is 23.7 Å². The van der Waals surface area contributed by atoms with Gasteiger partial charge < -0.3 is 10.2 Å². The highest BCUT2D eigenvalue weighted by Crippen LogP contribution is 2.36. The first-order valence-corrected chi connectivity index (χ1v) is 6.95. The summed E-state index contributed by atoms with van der Waals surface area (Å²) >= 11 is 3.49. The van der Waals surface area contributed by atoms with E-state index >= 15 is 0 Å². The van der Waals surface area contributed by atoms with Crippen LogP contribution in [0.2, 0.25) is 0 Å². The van der Waals surface area contributed by atoms with Crippen molar-refractivity contribution in [1.29, 1.82) is 0 Å². The van der Waals surface area contributed by atoms with E-state index in [0.717, 1.165) is 29.7 Å². The number of fused-ring (bicyclic) bond motifs is 1. The Labute approximate surface area is 119 Å². The second-order valence-electron chi connectivity index (χ2n) is 4.88. The van der Waals surface area contributed by atoms with E-state index in [4.69, 9.17) is 0 Å². The Hall–Kier alpha value is -1.62. The molecular weight excluding hydrogens is 308 g/mol. The molecule has 1 aromatic carbocycles. The maximum atomic E-state index is 11.6. The fourth-order valence-corrected chi connectivity index (χ4v) is 2.98. The lowest BCUT2D eigenvalue weighted by molar-refractivity contribution is -0.112. The van der Waals surface area contributed by atoms with Gasteiger partial charge in [0, 0.05) is 17.6 Å². The molecule has 2 aliphatic rings. The highest BCUT2D eigenvalue weighted by atomic mass is 79.9. The average Bonchev–Trinajstić information content (AvgIpc) is 2.66. The molecule has 0 fully saturated rings. The first-order valence-electron chi connectivity index (χ1n) is 6.16. The van der Waals surface area contributed by atoms with Crippen LogP contribution in [0.5, 0.6) is 0 Å². The Morgan fingerprint density at radius 1 is 1.32 bits per heavy atom. The van der Waals surface area contributed by atoms with Crippen molar-refractivity contribution in [3.63, 3.8) is 0 Å². The van der Waals surface area contributed by atoms with Gasteiger partial charge in [0.05, 0.1) is 16.9 Å². The maximum Gasteiger partial charge on any atom is 0.296 e. The van der Waals surface area contributed by atoms with Gasteiger partial charge in [0.2, 0.25) is 0 Å². The molecule has 4 nitrogen and oxygen atoms in total. The predicted octanol–water partition coefficient (Wildman–Crippen LogP) is 2.74. The number of hydrogen-bond acceptors (Lipinski definition) is 3. The zero-order valence-corrected chi connectivity index (χ0v) is 12.1. The van der Waals surface area contributed by atoms with Gasteiger partial charge in [-0.3, -0.25) is 9.59 Å². The Balaban J connectivity index is 1.99. The lowest BCUT2D eigenvalue weighted by Crippen LogP contribution is -2.28. The van der Waals surface area contributed by atoms with Crippen molar-refractivity contribution in [2.75, 3.05) is 23.3 Å². The molecule has 0 bridgehead atoms. The van der Waals surface area contributed by atoms with E-state index in [1.54, 1.807) is 6.07 Å². The van der Waals surface area contributed by atoms with Gasteiger partial charge in [-0.2, -0.15) is 0 Å². The summed E-state index contributed by atoms with van der Waals surface area (Å²) in [6, 6.07) is 3.60. The number of carbonyl (C=O) groups excluding carboxylic acids is 2. The molecule has 1 aromatic rings. The number of Topliss-reactive ketones (excluding diaryl/α,β-unsaturated/α-hetero) is 1. The highest BCUT2D eigenvalue weighted by Gasteiger charge is 2.29. The van der Waals surface area contributed by atoms with Crippen molar-refractivity contribution in [2.45, 2.75) is 13.3 Å². The van der Waals surface area contributed by atoms with E-state index in [0.29, 0.717) is 11.3 Å². The zero-order valence-electron chi connectivity index (χ0n) is 10.5. The lowest BCUT2D eigenvalue weighted by atomic mass is 10.1. The van der Waals surface area contributed by atoms with E-state index in [-0.39, 0.29) is 0 Å². The van der Waals surface area contributed by atoms with Gasteiger partial charge >= 0.3 is 0 Å². The lowest BCUT2D eigenvalue weighted by Gasteiger charge is -2.28. The summed E-state index contributed by atoms with van der Waals surface area (Å²) < 4.78 is 0.851. The maximum absolute atomic E-state index is 11.6. The number of amides is 1. The summed E-state index contributed by atoms with van der Waals surface area (Å²) in [5, 5.41) is 2.61. The minimum absolute atomic E-state index is 0.448. The van der Waals surface area contributed by atoms with Crippen LogP contribution in [-0.2, 0) is 4.79 Å². The summed E-state index contributed by atoms with van der Waals surface area (Å²) in [7, 11) is 0. The fraction of sp³-hybridized carbons (Fsp3) is 0.286. The summed E-state index contributed by atoms with van der Waals surface area (Å²) in [4.78, 5) is 25.2. The Morgan fingerprint density at radius 2 is 2.11 bits per heavy atom. The minimum atomic E-state index is -0.548. The Morgan fingerprint density at radius 3 is 2.79 bits per heavy atom. The molecule has 2 aliphatic heterocycles. The third-order valence-corrected chi connectivity index (χ3v) is 4.20. The van der Waals surface area contributed by atoms with Crippen molar-refractivity contribution in [3.05, 3.63) is 33.8 Å². The van der Waals surface area contributed by atoms with Crippen LogP contribution in [-0.4, -0.2) is 24.8 Å². The summed E-state index contributed by atoms with van der Waals surface area (Å²) in [6.07, 6.45) is 3.24. The molecule has 3 rings (SSSR count). The third kappa shape index (κ3) is 2.08. The number of anilines is 2. The number of ketones is 1. The number of halogens is 1. The van der Waals surface area contributed by atoms with Crippen molar-refractivity contribution in [3.8, 4) is 0 Å². The van der Waals surface area contributed by atoms with Gasteiger partial charge in [-0.1, -0.05) is 11.6 Å². The van der Waals surface area contributed by atoms with Crippen molar-refractivity contribution in [2.24, 2.45) is 0 Å². The molecule has 0 aromatic heterocycles. The molecule has 5 heteroatoms. The van der Waals surface area contributed by atoms with E-state index in [1.807, 2.05) is 6.07 Å². The van der Waals surface area contributed by atoms with Crippen LogP contribution in [0.25, 0.3) is 0 Å². The quantitative estimate of drug-likeness (QED) is 0.639. The Kier molecular flexibility index (Phi) is 2.93. The van der Waals surface area contributed by atoms with E-state index in [2.05, 4.69) is 39.1 Å². The molecule has 2 heterocycles. The monoisotopic (exact) mass is 320 g/mol. The van der Waals surface area contributed by atoms with Gasteiger partial charge in [-0.05, 0) is 41.4 Å². The first kappa shape index (κ1) is 12.4. The van der Waals surface area contributed by atoms with Crippen LogP contribution >= 0.6 is 15.9 Å². The standard InChI is InChI=1S/C14H13BrN2O2/c1-8-2-4-17(5-3-8)12-7-11-9(6-10(12)15)13(18)14(19)16-11/h2,6-7H,3-5H2,1H3,(H,16,18,19). The number of nitrogens with zero attached hydrogens (tertiary/aromatic N) is 1. The van der Waals surface area contributed by atoms with Crippen molar-refractivity contribution < 1.29 is 9.59 Å². The molecule has 1 amide bonds. The number of hydrogen-bond donors (Lipinski definition) is 1. The molecule has 0 spiro atoms. The average molecular weight is 321 g/mol. The van der Waals surface area contributed by atoms with Gasteiger partial charge in [0.25, 0.3) is 11.7 Å². The van der Waals surface area contributed by atoms with Crippen LogP contribution in [0, 0.1) is 0 Å². The fourth-order valence-electron chi connectivity index (χ4n) is 2.39. The SMILES string of the molecule is CC1=CCN(c2cc3c(cc2Br)C(=O)C(=O)N3)CC1. The number of rotatable bonds is 1. The van der Waals surface area contributed by atoms with Crippen LogP contribution < -0.4 is 10.2 Å². The second-order valence-corrected chi connectivity index (χ2v) is 5.73. The van der Waals surface area contributed by atoms with E-state index in [1.165, 1.54) is 5.57 Å². The molecule has 0 atom stereocenters. The van der Waals surface area contributed by atoms with Gasteiger partial charge in [0.1, 0.15) is 0 Å². The normalized spacial score (nSPS) is 18.2. The smallest absolute Gasteiger partial charge is 0.296 e. The zero-order chi connectivity index (χ0) is 13.6. The van der Waals surface area contributed by atoms with Gasteiger partial charge in [-0.25, -0.2) is 0 Å². The summed E-state index contributed by atoms with van der Waals surface area (Å²) in [5.74, 6) is -1.01. The van der Waals surface area contributed by atoms with Crippen LogP contribution in [0.15, 0.2) is 28.3 Å². The molecular formula is C14H13BrN2O2. The minimum Gasteiger partial charge on any atom is -0.367 e. The third-order valence-electron chi connectivity index (χ3n) is 3.56. The van der Waals surface area contributed by atoms with Gasteiger partial charge in [0.15, 0.2) is 0 Å². The number of nitrogens with one attached hydrogen (secondary N) is 1. The summed E-state index contributed by atoms with van der Waals surface area (Å²) in [5.41, 5.74) is 3.47.